The lowest BCUT2D eigenvalue weighted by atomic mass is 10.1. The van der Waals surface area contributed by atoms with Gasteiger partial charge in [-0.2, -0.15) is 0 Å². The number of hydrogen-bond donors (Lipinski definition) is 0. The van der Waals surface area contributed by atoms with Gasteiger partial charge in [0.25, 0.3) is 0 Å². The molecule has 0 saturated heterocycles. The van der Waals surface area contributed by atoms with Crippen LogP contribution in [0.15, 0.2) is 205 Å². The molecular weight excluding hydrogens is 747 g/mol. The summed E-state index contributed by atoms with van der Waals surface area (Å²) in [6.07, 6.45) is 0. The fraction of sp³-hybridized carbons (Fsp3) is 0. The van der Waals surface area contributed by atoms with Crippen molar-refractivity contribution in [2.75, 3.05) is 0 Å². The molecular formula is C55H33N5O. The highest BCUT2D eigenvalue weighted by Gasteiger charge is 2.22. The number of nitrogens with zero attached hydrogens (tertiary/aromatic N) is 5. The molecule has 6 heteroatoms. The van der Waals surface area contributed by atoms with Crippen LogP contribution in [-0.4, -0.2) is 24.1 Å². The van der Waals surface area contributed by atoms with Gasteiger partial charge in [0.05, 0.1) is 22.1 Å². The minimum atomic E-state index is 0.579. The fourth-order valence-corrected chi connectivity index (χ4v) is 9.35. The molecule has 0 amide bonds. The van der Waals surface area contributed by atoms with Crippen molar-refractivity contribution in [3.63, 3.8) is 0 Å². The molecule has 4 heterocycles. The van der Waals surface area contributed by atoms with E-state index in [9.17, 15) is 0 Å². The highest BCUT2D eigenvalue weighted by atomic mass is 16.3. The molecule has 9 aromatic carbocycles. The van der Waals surface area contributed by atoms with Crippen LogP contribution in [0.5, 0.6) is 0 Å². The fourth-order valence-electron chi connectivity index (χ4n) is 9.35. The Morgan fingerprint density at radius 3 is 1.56 bits per heavy atom. The number of fused-ring (bicyclic) bond motifs is 11. The Hall–Kier alpha value is -8.35. The maximum Gasteiger partial charge on any atom is 0.164 e. The third-order valence-electron chi connectivity index (χ3n) is 12.1. The van der Waals surface area contributed by atoms with Crippen LogP contribution in [0, 0.1) is 0 Å². The van der Waals surface area contributed by atoms with Gasteiger partial charge in [-0.15, -0.1) is 0 Å². The van der Waals surface area contributed by atoms with E-state index in [1.165, 1.54) is 32.3 Å². The maximum atomic E-state index is 6.30. The topological polar surface area (TPSA) is 61.7 Å². The summed E-state index contributed by atoms with van der Waals surface area (Å²) in [5.74, 6) is 1.77. The average molecular weight is 780 g/mol. The first-order valence-electron chi connectivity index (χ1n) is 20.5. The van der Waals surface area contributed by atoms with Crippen molar-refractivity contribution >= 4 is 76.3 Å². The van der Waals surface area contributed by atoms with Gasteiger partial charge in [0.1, 0.15) is 11.2 Å². The molecule has 13 aromatic rings. The number of para-hydroxylation sites is 3. The van der Waals surface area contributed by atoms with Gasteiger partial charge in [0.15, 0.2) is 17.5 Å². The molecule has 4 aromatic heterocycles. The normalized spacial score (nSPS) is 11.9. The van der Waals surface area contributed by atoms with Gasteiger partial charge in [0.2, 0.25) is 0 Å². The minimum absolute atomic E-state index is 0.579. The monoisotopic (exact) mass is 779 g/mol. The van der Waals surface area contributed by atoms with Crippen LogP contribution in [-0.2, 0) is 0 Å². The number of hydrogen-bond acceptors (Lipinski definition) is 4. The van der Waals surface area contributed by atoms with Gasteiger partial charge in [-0.1, -0.05) is 146 Å². The summed E-state index contributed by atoms with van der Waals surface area (Å²) in [5.41, 5.74) is 11.0. The molecule has 0 aliphatic rings. The molecule has 0 N–H and O–H groups in total. The first-order chi connectivity index (χ1) is 30.2. The lowest BCUT2D eigenvalue weighted by molar-refractivity contribution is 0.669. The Morgan fingerprint density at radius 1 is 0.311 bits per heavy atom. The number of rotatable bonds is 5. The Balaban J connectivity index is 1.05. The summed E-state index contributed by atoms with van der Waals surface area (Å²) in [5, 5.41) is 9.36. The Bertz CT molecular complexity index is 3890. The second-order valence-electron chi connectivity index (χ2n) is 15.6. The van der Waals surface area contributed by atoms with Crippen molar-refractivity contribution in [1.82, 2.24) is 24.1 Å². The van der Waals surface area contributed by atoms with Crippen LogP contribution in [0.1, 0.15) is 0 Å². The molecule has 0 bridgehead atoms. The summed E-state index contributed by atoms with van der Waals surface area (Å²) < 4.78 is 11.2. The van der Waals surface area contributed by atoms with E-state index in [4.69, 9.17) is 19.4 Å². The van der Waals surface area contributed by atoms with Crippen LogP contribution in [0.25, 0.3) is 122 Å². The molecule has 61 heavy (non-hydrogen) atoms. The predicted molar refractivity (Wildman–Crippen MR) is 250 cm³/mol. The van der Waals surface area contributed by atoms with E-state index in [0.717, 1.165) is 72.1 Å². The summed E-state index contributed by atoms with van der Waals surface area (Å²) in [6, 6.07) is 70.5. The first kappa shape index (κ1) is 33.6. The van der Waals surface area contributed by atoms with E-state index in [0.29, 0.717) is 17.5 Å². The van der Waals surface area contributed by atoms with Gasteiger partial charge in [0, 0.05) is 60.4 Å². The molecule has 0 radical (unpaired) electrons. The van der Waals surface area contributed by atoms with Gasteiger partial charge < -0.3 is 13.6 Å². The molecule has 6 nitrogen and oxygen atoms in total. The molecule has 0 aliphatic heterocycles. The van der Waals surface area contributed by atoms with Crippen LogP contribution in [0.3, 0.4) is 0 Å². The van der Waals surface area contributed by atoms with Gasteiger partial charge in [-0.05, 0) is 65.4 Å². The first-order valence-corrected chi connectivity index (χ1v) is 20.5. The summed E-state index contributed by atoms with van der Waals surface area (Å²) in [7, 11) is 0. The Labute approximate surface area is 349 Å². The smallest absolute Gasteiger partial charge is 0.164 e. The van der Waals surface area contributed by atoms with Gasteiger partial charge in [-0.3, -0.25) is 0 Å². The Morgan fingerprint density at radius 2 is 0.836 bits per heavy atom. The van der Waals surface area contributed by atoms with Crippen molar-refractivity contribution in [3.8, 4) is 45.5 Å². The minimum Gasteiger partial charge on any atom is -0.456 e. The summed E-state index contributed by atoms with van der Waals surface area (Å²) in [6.45, 7) is 0. The molecule has 13 rings (SSSR count). The third-order valence-corrected chi connectivity index (χ3v) is 12.1. The number of benzene rings is 9. The second-order valence-corrected chi connectivity index (χ2v) is 15.6. The third kappa shape index (κ3) is 5.19. The van der Waals surface area contributed by atoms with Crippen LogP contribution in [0.4, 0.5) is 0 Å². The average Bonchev–Trinajstić information content (AvgIpc) is 3.99. The van der Waals surface area contributed by atoms with E-state index in [-0.39, 0.29) is 0 Å². The van der Waals surface area contributed by atoms with Crippen molar-refractivity contribution in [2.45, 2.75) is 0 Å². The Kier molecular flexibility index (Phi) is 7.21. The molecule has 0 fully saturated rings. The zero-order valence-corrected chi connectivity index (χ0v) is 32.7. The summed E-state index contributed by atoms with van der Waals surface area (Å²) >= 11 is 0. The number of aromatic nitrogens is 5. The lowest BCUT2D eigenvalue weighted by Crippen LogP contribution is -2.01. The van der Waals surface area contributed by atoms with Crippen molar-refractivity contribution in [2.24, 2.45) is 0 Å². The highest BCUT2D eigenvalue weighted by Crippen LogP contribution is 2.42. The zero-order valence-electron chi connectivity index (χ0n) is 32.7. The molecule has 0 saturated carbocycles. The molecule has 0 aliphatic carbocycles. The largest absolute Gasteiger partial charge is 0.456 e. The predicted octanol–water partition coefficient (Wildman–Crippen LogP) is 14.1. The van der Waals surface area contributed by atoms with Crippen LogP contribution >= 0.6 is 0 Å². The number of furan rings is 1. The van der Waals surface area contributed by atoms with Gasteiger partial charge in [-0.25, -0.2) is 15.0 Å². The van der Waals surface area contributed by atoms with E-state index in [2.05, 4.69) is 155 Å². The highest BCUT2D eigenvalue weighted by molar-refractivity contribution is 6.24. The molecule has 284 valence electrons. The molecule has 0 atom stereocenters. The van der Waals surface area contributed by atoms with E-state index >= 15 is 0 Å². The molecule has 0 unspecified atom stereocenters. The van der Waals surface area contributed by atoms with E-state index in [1.807, 2.05) is 54.6 Å². The van der Waals surface area contributed by atoms with Crippen LogP contribution < -0.4 is 0 Å². The van der Waals surface area contributed by atoms with Crippen LogP contribution in [0.2, 0.25) is 0 Å². The standard InChI is InChI=1S/C55H33N5O/c1-2-14-35(15-3-1)53-56-54(58-55(57-53)38-26-28-44-43-21-8-11-24-49(43)61-50(44)33-38)37-17-12-18-39(32-37)59-47-22-9-6-19-41(47)45-29-30-46-42-20-7-10-23-48(42)60(52(46)51(45)59)40-27-25-34-13-4-5-16-36(34)31-40/h1-33H. The van der Waals surface area contributed by atoms with Crippen molar-refractivity contribution < 1.29 is 4.42 Å². The van der Waals surface area contributed by atoms with E-state index < -0.39 is 0 Å². The quantitative estimate of drug-likeness (QED) is 0.175. The lowest BCUT2D eigenvalue weighted by Gasteiger charge is -2.14. The second kappa shape index (κ2) is 13.1. The SMILES string of the molecule is c1ccc(-c2nc(-c3cccc(-n4c5ccccc5c5ccc6c7ccccc7n(-c7ccc8ccccc8c7)c6c54)c3)nc(-c3ccc4c(c3)oc3ccccc34)n2)cc1. The van der Waals surface area contributed by atoms with Crippen molar-refractivity contribution in [3.05, 3.63) is 200 Å². The summed E-state index contributed by atoms with van der Waals surface area (Å²) in [4.78, 5) is 15.4. The van der Waals surface area contributed by atoms with Crippen molar-refractivity contribution in [1.29, 1.82) is 0 Å². The van der Waals surface area contributed by atoms with Gasteiger partial charge >= 0.3 is 0 Å². The van der Waals surface area contributed by atoms with E-state index in [1.54, 1.807) is 0 Å². The maximum absolute atomic E-state index is 6.30. The zero-order chi connectivity index (χ0) is 40.0. The molecule has 0 spiro atoms.